The second kappa shape index (κ2) is 12.4. The molecule has 1 aliphatic carbocycles. The van der Waals surface area contributed by atoms with Crippen LogP contribution in [0, 0.1) is 5.92 Å². The highest BCUT2D eigenvalue weighted by Crippen LogP contribution is 2.34. The number of hydrogen-bond acceptors (Lipinski definition) is 6. The number of hydrogen-bond donors (Lipinski definition) is 1. The third kappa shape index (κ3) is 6.63. The van der Waals surface area contributed by atoms with Crippen LogP contribution in [0.25, 0.3) is 10.4 Å². The lowest BCUT2D eigenvalue weighted by Gasteiger charge is -2.35. The third-order valence-electron chi connectivity index (χ3n) is 6.61. The van der Waals surface area contributed by atoms with Gasteiger partial charge in [0.05, 0.1) is 32.0 Å². The summed E-state index contributed by atoms with van der Waals surface area (Å²) in [4.78, 5) is 27.3. The van der Waals surface area contributed by atoms with Gasteiger partial charge in [0, 0.05) is 36.7 Å². The number of thiophene rings is 1. The highest BCUT2D eigenvalue weighted by molar-refractivity contribution is 7.13. The molecule has 7 heteroatoms. The lowest BCUT2D eigenvalue weighted by atomic mass is 9.95. The van der Waals surface area contributed by atoms with Crippen LogP contribution in [0.15, 0.2) is 53.9 Å². The van der Waals surface area contributed by atoms with Crippen molar-refractivity contribution < 1.29 is 24.2 Å². The Hall–Kier alpha value is -2.32. The van der Waals surface area contributed by atoms with Crippen molar-refractivity contribution in [2.45, 2.75) is 50.9 Å². The van der Waals surface area contributed by atoms with Gasteiger partial charge in [-0.1, -0.05) is 42.5 Å². The molecular formula is C27H33NO5S. The first kappa shape index (κ1) is 24.8. The number of Topliss-reactive ketones (excluding diaryl/α,β-unsaturated/α-hetero) is 1. The van der Waals surface area contributed by atoms with E-state index in [0.29, 0.717) is 32.7 Å². The van der Waals surface area contributed by atoms with Gasteiger partial charge in [0.1, 0.15) is 0 Å². The fourth-order valence-corrected chi connectivity index (χ4v) is 5.59. The predicted molar refractivity (Wildman–Crippen MR) is 133 cm³/mol. The minimum absolute atomic E-state index is 0.0896. The Labute approximate surface area is 205 Å². The van der Waals surface area contributed by atoms with Gasteiger partial charge in [0.2, 0.25) is 0 Å². The average molecular weight is 484 g/mol. The largest absolute Gasteiger partial charge is 0.481 e. The van der Waals surface area contributed by atoms with Gasteiger partial charge < -0.3 is 14.6 Å². The van der Waals surface area contributed by atoms with E-state index >= 15 is 0 Å². The molecule has 1 N–H and O–H groups in total. The number of carbonyl (C=O) groups is 2. The fourth-order valence-electron chi connectivity index (χ4n) is 4.86. The van der Waals surface area contributed by atoms with E-state index in [1.54, 1.807) is 11.3 Å². The van der Waals surface area contributed by atoms with Crippen LogP contribution in [0.1, 0.15) is 37.7 Å². The van der Waals surface area contributed by atoms with E-state index in [0.717, 1.165) is 31.5 Å². The first-order valence-electron chi connectivity index (χ1n) is 12.1. The molecule has 3 atom stereocenters. The highest BCUT2D eigenvalue weighted by atomic mass is 32.1. The molecule has 6 nitrogen and oxygen atoms in total. The van der Waals surface area contributed by atoms with Gasteiger partial charge in [-0.25, -0.2) is 0 Å². The van der Waals surface area contributed by atoms with Gasteiger partial charge >= 0.3 is 5.97 Å². The number of unbranched alkanes of at least 4 members (excludes halogenated alkanes) is 1. The third-order valence-corrected chi connectivity index (χ3v) is 7.53. The van der Waals surface area contributed by atoms with Crippen LogP contribution in [-0.2, 0) is 25.7 Å². The Morgan fingerprint density at radius 3 is 2.68 bits per heavy atom. The Balaban J connectivity index is 1.38. The topological polar surface area (TPSA) is 76.1 Å². The zero-order valence-electron chi connectivity index (χ0n) is 19.4. The number of morpholine rings is 1. The number of rotatable bonds is 11. The van der Waals surface area contributed by atoms with Crippen molar-refractivity contribution in [1.29, 1.82) is 0 Å². The summed E-state index contributed by atoms with van der Waals surface area (Å²) in [5.41, 5.74) is 2.30. The second-order valence-electron chi connectivity index (χ2n) is 8.94. The number of nitrogens with zero attached hydrogens (tertiary/aromatic N) is 1. The van der Waals surface area contributed by atoms with Crippen LogP contribution >= 0.6 is 11.3 Å². The van der Waals surface area contributed by atoms with Crippen LogP contribution in [0.2, 0.25) is 0 Å². The molecule has 2 fully saturated rings. The van der Waals surface area contributed by atoms with E-state index in [1.165, 1.54) is 10.4 Å². The van der Waals surface area contributed by atoms with Gasteiger partial charge in [0.25, 0.3) is 0 Å². The van der Waals surface area contributed by atoms with Crippen molar-refractivity contribution in [3.8, 4) is 10.4 Å². The van der Waals surface area contributed by atoms with Crippen molar-refractivity contribution >= 4 is 23.1 Å². The van der Waals surface area contributed by atoms with Gasteiger partial charge in [-0.2, -0.15) is 0 Å². The molecule has 1 aromatic carbocycles. The van der Waals surface area contributed by atoms with Crippen molar-refractivity contribution in [2.24, 2.45) is 5.92 Å². The molecule has 0 radical (unpaired) electrons. The van der Waals surface area contributed by atoms with Crippen LogP contribution < -0.4 is 0 Å². The molecule has 34 heavy (non-hydrogen) atoms. The summed E-state index contributed by atoms with van der Waals surface area (Å²) in [5, 5.41) is 10.9. The molecular weight excluding hydrogens is 450 g/mol. The molecule has 1 saturated heterocycles. The summed E-state index contributed by atoms with van der Waals surface area (Å²) in [6.45, 7) is 3.34. The number of carboxylic acids is 1. The molecule has 0 unspecified atom stereocenters. The monoisotopic (exact) mass is 483 g/mol. The zero-order valence-corrected chi connectivity index (χ0v) is 20.3. The number of carbonyl (C=O) groups excluding carboxylic acids is 1. The van der Waals surface area contributed by atoms with Crippen LogP contribution in [0.3, 0.4) is 0 Å². The Morgan fingerprint density at radius 2 is 1.97 bits per heavy atom. The maximum Gasteiger partial charge on any atom is 0.303 e. The minimum Gasteiger partial charge on any atom is -0.481 e. The molecule has 2 aromatic rings. The molecule has 2 aliphatic rings. The van der Waals surface area contributed by atoms with Gasteiger partial charge in [0.15, 0.2) is 5.78 Å². The van der Waals surface area contributed by atoms with Gasteiger partial charge in [-0.3, -0.25) is 14.5 Å². The number of allylic oxidation sites excluding steroid dienone is 2. The lowest BCUT2D eigenvalue weighted by molar-refractivity contribution is -0.137. The average Bonchev–Trinajstić information content (AvgIpc) is 3.49. The standard InChI is InChI=1S/C27H33NO5S/c29-23-18-24(33-19-20-9-11-21(12-10-20)25-7-5-17-34-25)22(6-3-1-2-4-8-26(30)31)27(23)28-13-15-32-16-14-28/h1,3,5,7,9-12,17,22,24,27H,2,4,6,8,13-16,18-19H2,(H,30,31)/b3-1-/t22-,24-,27+/m0/s1. The molecule has 0 bridgehead atoms. The molecule has 4 rings (SSSR count). The lowest BCUT2D eigenvalue weighted by Crippen LogP contribution is -2.49. The molecule has 0 amide bonds. The Bertz CT molecular complexity index is 950. The van der Waals surface area contributed by atoms with Crippen molar-refractivity contribution in [1.82, 2.24) is 4.90 Å². The van der Waals surface area contributed by atoms with Crippen LogP contribution in [-0.4, -0.2) is 60.2 Å². The second-order valence-corrected chi connectivity index (χ2v) is 9.89. The zero-order chi connectivity index (χ0) is 23.8. The SMILES string of the molecule is O=C(O)CCC/C=C\C[C@H]1[C@@H](OCc2ccc(-c3cccs3)cc2)CC(=O)[C@@H]1N1CCOCC1. The molecule has 1 aliphatic heterocycles. The first-order valence-corrected chi connectivity index (χ1v) is 13.0. The summed E-state index contributed by atoms with van der Waals surface area (Å²) < 4.78 is 11.8. The quantitative estimate of drug-likeness (QED) is 0.366. The number of benzene rings is 1. The van der Waals surface area contributed by atoms with Gasteiger partial charge in [-0.15, -0.1) is 11.3 Å². The first-order chi connectivity index (χ1) is 16.6. The summed E-state index contributed by atoms with van der Waals surface area (Å²) in [6, 6.07) is 12.5. The number of ether oxygens (including phenoxy) is 2. The number of carboxylic acid groups (broad SMARTS) is 1. The summed E-state index contributed by atoms with van der Waals surface area (Å²) >= 11 is 1.73. The van der Waals surface area contributed by atoms with E-state index in [4.69, 9.17) is 14.6 Å². The maximum atomic E-state index is 13.0. The van der Waals surface area contributed by atoms with Crippen molar-refractivity contribution in [3.05, 3.63) is 59.5 Å². The molecule has 182 valence electrons. The van der Waals surface area contributed by atoms with Crippen LogP contribution in [0.5, 0.6) is 0 Å². The molecule has 1 saturated carbocycles. The van der Waals surface area contributed by atoms with E-state index in [1.807, 2.05) is 6.08 Å². The van der Waals surface area contributed by atoms with Crippen molar-refractivity contribution in [2.75, 3.05) is 26.3 Å². The van der Waals surface area contributed by atoms with E-state index in [-0.39, 0.29) is 30.3 Å². The molecule has 2 heterocycles. The molecule has 0 spiro atoms. The highest BCUT2D eigenvalue weighted by Gasteiger charge is 2.45. The fraction of sp³-hybridized carbons (Fsp3) is 0.481. The Kier molecular flexibility index (Phi) is 9.04. The van der Waals surface area contributed by atoms with Crippen molar-refractivity contribution in [3.63, 3.8) is 0 Å². The number of aliphatic carboxylic acids is 1. The van der Waals surface area contributed by atoms with E-state index in [9.17, 15) is 9.59 Å². The minimum atomic E-state index is -0.765. The predicted octanol–water partition coefficient (Wildman–Crippen LogP) is 4.79. The van der Waals surface area contributed by atoms with Crippen LogP contribution in [0.4, 0.5) is 0 Å². The maximum absolute atomic E-state index is 13.0. The van der Waals surface area contributed by atoms with E-state index in [2.05, 4.69) is 52.8 Å². The van der Waals surface area contributed by atoms with Gasteiger partial charge in [-0.05, 0) is 41.8 Å². The summed E-state index contributed by atoms with van der Waals surface area (Å²) in [6.07, 6.45) is 6.75. The number of ketones is 1. The molecule has 1 aromatic heterocycles. The Morgan fingerprint density at radius 1 is 1.18 bits per heavy atom. The summed E-state index contributed by atoms with van der Waals surface area (Å²) in [5.74, 6) is -0.421. The van der Waals surface area contributed by atoms with E-state index < -0.39 is 5.97 Å². The smallest absolute Gasteiger partial charge is 0.303 e. The summed E-state index contributed by atoms with van der Waals surface area (Å²) in [7, 11) is 0. The normalized spacial score (nSPS) is 23.6.